The van der Waals surface area contributed by atoms with Gasteiger partial charge < -0.3 is 10.6 Å². The van der Waals surface area contributed by atoms with Crippen LogP contribution in [-0.4, -0.2) is 51.4 Å². The van der Waals surface area contributed by atoms with E-state index in [4.69, 9.17) is 0 Å². The number of hydrogen-bond donors (Lipinski definition) is 2. The normalized spacial score (nSPS) is 23.4. The van der Waals surface area contributed by atoms with E-state index in [0.717, 1.165) is 43.6 Å². The van der Waals surface area contributed by atoms with Gasteiger partial charge in [0.05, 0.1) is 5.92 Å². The Balaban J connectivity index is 0.00000261. The summed E-state index contributed by atoms with van der Waals surface area (Å²) in [7, 11) is -3.49. The van der Waals surface area contributed by atoms with Crippen LogP contribution in [0.2, 0.25) is 0 Å². The number of carbonyl (C=O) groups is 1. The molecule has 2 aliphatic rings. The Morgan fingerprint density at radius 2 is 2.07 bits per heavy atom. The van der Waals surface area contributed by atoms with Gasteiger partial charge in [-0.25, -0.2) is 8.42 Å². The lowest BCUT2D eigenvalue weighted by atomic mass is 9.81. The Morgan fingerprint density at radius 1 is 1.37 bits per heavy atom. The smallest absolute Gasteiger partial charge is 0.252 e. The highest BCUT2D eigenvalue weighted by Gasteiger charge is 2.35. The molecule has 6 nitrogen and oxygen atoms in total. The summed E-state index contributed by atoms with van der Waals surface area (Å²) in [6.45, 7) is 7.53. The van der Waals surface area contributed by atoms with Crippen molar-refractivity contribution in [2.75, 3.05) is 32.7 Å². The molecule has 0 bridgehead atoms. The molecule has 2 N–H and O–H groups in total. The summed E-state index contributed by atoms with van der Waals surface area (Å²) in [5, 5.41) is 6.44. The standard InChI is InChI=1S/C18H29N3O3S2.ClH/c1-14-5-6-16(25-14)26(23,24)21-11-3-4-15(12-21)17(22)20-13-18(2)7-9-19-10-8-18;/h5-6,15,19H,3-4,7-13H2,1-2H3,(H,20,22);1H. The van der Waals surface area contributed by atoms with E-state index < -0.39 is 10.0 Å². The molecule has 0 aliphatic carbocycles. The quantitative estimate of drug-likeness (QED) is 0.744. The fourth-order valence-electron chi connectivity index (χ4n) is 3.70. The van der Waals surface area contributed by atoms with Gasteiger partial charge >= 0.3 is 0 Å². The first-order chi connectivity index (χ1) is 12.3. The van der Waals surface area contributed by atoms with Gasteiger partial charge in [0.1, 0.15) is 4.21 Å². The van der Waals surface area contributed by atoms with Gasteiger partial charge in [-0.15, -0.1) is 23.7 Å². The van der Waals surface area contributed by atoms with Gasteiger partial charge in [0.2, 0.25) is 5.91 Å². The lowest BCUT2D eigenvalue weighted by Gasteiger charge is -2.35. The van der Waals surface area contributed by atoms with E-state index in [1.807, 2.05) is 13.0 Å². The first kappa shape index (κ1) is 22.6. The van der Waals surface area contributed by atoms with Crippen LogP contribution < -0.4 is 10.6 Å². The summed E-state index contributed by atoms with van der Waals surface area (Å²) in [6, 6.07) is 3.49. The molecule has 3 rings (SSSR count). The van der Waals surface area contributed by atoms with Gasteiger partial charge in [-0.1, -0.05) is 6.92 Å². The van der Waals surface area contributed by atoms with Crippen molar-refractivity contribution in [3.05, 3.63) is 17.0 Å². The maximum absolute atomic E-state index is 12.8. The number of carbonyl (C=O) groups excluding carboxylic acids is 1. The van der Waals surface area contributed by atoms with E-state index in [-0.39, 0.29) is 36.2 Å². The van der Waals surface area contributed by atoms with E-state index in [9.17, 15) is 13.2 Å². The molecule has 9 heteroatoms. The average Bonchev–Trinajstić information content (AvgIpc) is 3.08. The van der Waals surface area contributed by atoms with Crippen molar-refractivity contribution < 1.29 is 13.2 Å². The van der Waals surface area contributed by atoms with Crippen molar-refractivity contribution >= 4 is 39.7 Å². The second-order valence-electron chi connectivity index (χ2n) is 7.85. The van der Waals surface area contributed by atoms with Crippen molar-refractivity contribution in [1.82, 2.24) is 14.9 Å². The van der Waals surface area contributed by atoms with Crippen LogP contribution in [0.15, 0.2) is 16.3 Å². The molecular weight excluding hydrogens is 406 g/mol. The number of halogens is 1. The molecule has 2 fully saturated rings. The Hall–Kier alpha value is -0.670. The summed E-state index contributed by atoms with van der Waals surface area (Å²) in [5.41, 5.74) is 0.135. The highest BCUT2D eigenvalue weighted by atomic mass is 35.5. The molecule has 0 aromatic carbocycles. The maximum atomic E-state index is 12.8. The van der Waals surface area contributed by atoms with E-state index in [1.165, 1.54) is 15.6 Å². The third-order valence-electron chi connectivity index (χ3n) is 5.56. The van der Waals surface area contributed by atoms with Crippen LogP contribution in [0.5, 0.6) is 0 Å². The van der Waals surface area contributed by atoms with Crippen LogP contribution in [0, 0.1) is 18.3 Å². The topological polar surface area (TPSA) is 78.5 Å². The molecule has 1 amide bonds. The van der Waals surface area contributed by atoms with Crippen LogP contribution in [0.3, 0.4) is 0 Å². The lowest BCUT2D eigenvalue weighted by molar-refractivity contribution is -0.126. The molecule has 1 unspecified atom stereocenters. The number of thiophene rings is 1. The first-order valence-corrected chi connectivity index (χ1v) is 11.6. The average molecular weight is 436 g/mol. The van der Waals surface area contributed by atoms with Crippen LogP contribution in [0.1, 0.15) is 37.5 Å². The molecule has 0 saturated carbocycles. The van der Waals surface area contributed by atoms with Crippen molar-refractivity contribution in [2.45, 2.75) is 43.7 Å². The zero-order valence-corrected chi connectivity index (χ0v) is 18.4. The van der Waals surface area contributed by atoms with Crippen molar-refractivity contribution in [3.8, 4) is 0 Å². The predicted molar refractivity (Wildman–Crippen MR) is 111 cm³/mol. The predicted octanol–water partition coefficient (Wildman–Crippen LogP) is 2.38. The third-order valence-corrected chi connectivity index (χ3v) is 8.90. The maximum Gasteiger partial charge on any atom is 0.252 e. The number of aryl methyl sites for hydroxylation is 1. The fourth-order valence-corrected chi connectivity index (χ4v) is 6.67. The molecule has 0 spiro atoms. The van der Waals surface area contributed by atoms with Crippen LogP contribution >= 0.6 is 23.7 Å². The van der Waals surface area contributed by atoms with Gasteiger partial charge in [0, 0.05) is 24.5 Å². The van der Waals surface area contributed by atoms with Gasteiger partial charge in [0.25, 0.3) is 10.0 Å². The SMILES string of the molecule is Cc1ccc(S(=O)(=O)N2CCCC(C(=O)NCC3(C)CCNCC3)C2)s1.Cl. The van der Waals surface area contributed by atoms with Crippen LogP contribution in [0.4, 0.5) is 0 Å². The molecule has 1 atom stereocenters. The number of piperidine rings is 2. The Kier molecular flexibility index (Phi) is 7.72. The Morgan fingerprint density at radius 3 is 2.70 bits per heavy atom. The number of rotatable bonds is 5. The summed E-state index contributed by atoms with van der Waals surface area (Å²) in [4.78, 5) is 13.6. The summed E-state index contributed by atoms with van der Waals surface area (Å²) in [5.74, 6) is -0.267. The van der Waals surface area contributed by atoms with Crippen LogP contribution in [0.25, 0.3) is 0 Å². The van der Waals surface area contributed by atoms with Gasteiger partial charge in [-0.3, -0.25) is 4.79 Å². The van der Waals surface area contributed by atoms with Gasteiger partial charge in [-0.05, 0) is 63.2 Å². The summed E-state index contributed by atoms with van der Waals surface area (Å²) >= 11 is 1.29. The summed E-state index contributed by atoms with van der Waals surface area (Å²) in [6.07, 6.45) is 3.58. The highest BCUT2D eigenvalue weighted by molar-refractivity contribution is 7.91. The zero-order chi connectivity index (χ0) is 18.8. The number of nitrogens with one attached hydrogen (secondary N) is 2. The Labute approximate surface area is 172 Å². The third kappa shape index (κ3) is 5.44. The second kappa shape index (κ2) is 9.22. The molecule has 2 saturated heterocycles. The monoisotopic (exact) mass is 435 g/mol. The lowest BCUT2D eigenvalue weighted by Crippen LogP contribution is -2.48. The summed E-state index contributed by atoms with van der Waals surface area (Å²) < 4.78 is 27.5. The molecule has 1 aromatic rings. The molecule has 154 valence electrons. The largest absolute Gasteiger partial charge is 0.355 e. The number of sulfonamides is 1. The second-order valence-corrected chi connectivity index (χ2v) is 11.3. The number of nitrogens with zero attached hydrogens (tertiary/aromatic N) is 1. The minimum Gasteiger partial charge on any atom is -0.355 e. The molecule has 27 heavy (non-hydrogen) atoms. The molecule has 0 radical (unpaired) electrons. The van der Waals surface area contributed by atoms with Crippen molar-refractivity contribution in [2.24, 2.45) is 11.3 Å². The fraction of sp³-hybridized carbons (Fsp3) is 0.722. The first-order valence-electron chi connectivity index (χ1n) is 9.35. The van der Waals surface area contributed by atoms with E-state index >= 15 is 0 Å². The van der Waals surface area contributed by atoms with Gasteiger partial charge in [0.15, 0.2) is 0 Å². The van der Waals surface area contributed by atoms with E-state index in [2.05, 4.69) is 17.6 Å². The number of hydrogen-bond acceptors (Lipinski definition) is 5. The highest BCUT2D eigenvalue weighted by Crippen LogP contribution is 2.29. The van der Waals surface area contributed by atoms with Crippen molar-refractivity contribution in [1.29, 1.82) is 0 Å². The van der Waals surface area contributed by atoms with E-state index in [1.54, 1.807) is 6.07 Å². The minimum atomic E-state index is -3.49. The van der Waals surface area contributed by atoms with E-state index in [0.29, 0.717) is 17.3 Å². The zero-order valence-electron chi connectivity index (χ0n) is 16.0. The Bertz CT molecular complexity index is 745. The van der Waals surface area contributed by atoms with Crippen molar-refractivity contribution in [3.63, 3.8) is 0 Å². The minimum absolute atomic E-state index is 0. The van der Waals surface area contributed by atoms with Gasteiger partial charge in [-0.2, -0.15) is 4.31 Å². The molecule has 1 aromatic heterocycles. The van der Waals surface area contributed by atoms with Crippen LogP contribution in [-0.2, 0) is 14.8 Å². The molecular formula is C18H30ClN3O3S2. The molecule has 2 aliphatic heterocycles. The molecule has 3 heterocycles. The number of amides is 1.